The van der Waals surface area contributed by atoms with Crippen molar-refractivity contribution in [1.29, 1.82) is 0 Å². The molecular formula is C34H36O2P2. The molecule has 4 aromatic rings. The Hall–Kier alpha value is -2.34. The Morgan fingerprint density at radius 1 is 0.395 bits per heavy atom. The molecule has 0 spiro atoms. The minimum Gasteiger partial charge on any atom is -0.346 e. The van der Waals surface area contributed by atoms with Crippen molar-refractivity contribution < 1.29 is 9.05 Å². The van der Waals surface area contributed by atoms with Gasteiger partial charge in [-0.25, -0.2) is 0 Å². The van der Waals surface area contributed by atoms with Gasteiger partial charge < -0.3 is 9.05 Å². The minimum absolute atomic E-state index is 0.287. The molecule has 6 rings (SSSR count). The molecule has 0 heterocycles. The summed E-state index contributed by atoms with van der Waals surface area (Å²) in [6.45, 7) is 0. The Balaban J connectivity index is 1.24. The van der Waals surface area contributed by atoms with E-state index in [1.54, 1.807) is 0 Å². The van der Waals surface area contributed by atoms with E-state index in [-0.39, 0.29) is 12.2 Å². The summed E-state index contributed by atoms with van der Waals surface area (Å²) in [5.41, 5.74) is 0. The van der Waals surface area contributed by atoms with Crippen molar-refractivity contribution in [3.63, 3.8) is 0 Å². The van der Waals surface area contributed by atoms with Gasteiger partial charge in [-0.1, -0.05) is 134 Å². The fraction of sp³-hybridized carbons (Fsp3) is 0.294. The molecule has 4 aromatic carbocycles. The monoisotopic (exact) mass is 538 g/mol. The molecule has 2 saturated carbocycles. The molecule has 2 nitrogen and oxygen atoms in total. The molecule has 2 aliphatic rings. The maximum atomic E-state index is 7.15. The van der Waals surface area contributed by atoms with Crippen LogP contribution in [0, 0.1) is 11.8 Å². The first-order valence-corrected chi connectivity index (χ1v) is 16.5. The lowest BCUT2D eigenvalue weighted by molar-refractivity contribution is 0.0789. The Kier molecular flexibility index (Phi) is 8.64. The Morgan fingerprint density at radius 2 is 0.684 bits per heavy atom. The maximum absolute atomic E-state index is 7.15. The third-order valence-corrected chi connectivity index (χ3v) is 12.0. The molecule has 2 aliphatic carbocycles. The summed E-state index contributed by atoms with van der Waals surface area (Å²) in [5.74, 6) is 1.12. The van der Waals surface area contributed by atoms with Gasteiger partial charge in [-0.05, 0) is 37.5 Å². The number of rotatable bonds is 9. The van der Waals surface area contributed by atoms with Crippen LogP contribution in [0.2, 0.25) is 0 Å². The predicted octanol–water partition coefficient (Wildman–Crippen LogP) is 7.45. The topological polar surface area (TPSA) is 18.5 Å². The fourth-order valence-electron chi connectivity index (χ4n) is 6.22. The molecule has 0 radical (unpaired) electrons. The summed E-state index contributed by atoms with van der Waals surface area (Å²) in [7, 11) is -1.69. The number of hydrogen-bond donors (Lipinski definition) is 0. The normalized spacial score (nSPS) is 23.3. The minimum atomic E-state index is -0.843. The number of benzene rings is 4. The summed E-state index contributed by atoms with van der Waals surface area (Å²) >= 11 is 0. The van der Waals surface area contributed by atoms with Crippen LogP contribution in [0.1, 0.15) is 38.5 Å². The highest BCUT2D eigenvalue weighted by atomic mass is 31.1. The highest BCUT2D eigenvalue weighted by Crippen LogP contribution is 2.50. The standard InChI is InChI=1S/C34H36O2P2/c1-5-15-27(16-6-1)37(28-17-7-2-8-18-28)35-33-25-13-23-31(33)32-24-14-26-34(32)36-38(29-19-9-3-10-20-29)30-21-11-4-12-22-30/h1-12,15-22,31-34H,13-14,23-26H2/t31-,32-,33-,34-/m1/s1. The molecule has 4 heteroatoms. The molecule has 0 unspecified atom stereocenters. The van der Waals surface area contributed by atoms with Gasteiger partial charge in [0, 0.05) is 21.2 Å². The average Bonchev–Trinajstić information content (AvgIpc) is 3.65. The van der Waals surface area contributed by atoms with E-state index in [1.807, 2.05) is 0 Å². The van der Waals surface area contributed by atoms with E-state index < -0.39 is 16.3 Å². The van der Waals surface area contributed by atoms with E-state index >= 15 is 0 Å². The quantitative estimate of drug-likeness (QED) is 0.206. The summed E-state index contributed by atoms with van der Waals surface area (Å²) in [6, 6.07) is 43.4. The van der Waals surface area contributed by atoms with Gasteiger partial charge in [0.05, 0.1) is 28.5 Å². The number of hydrogen-bond acceptors (Lipinski definition) is 2. The van der Waals surface area contributed by atoms with Gasteiger partial charge in [-0.15, -0.1) is 0 Å². The van der Waals surface area contributed by atoms with Crippen LogP contribution in [0.15, 0.2) is 121 Å². The molecule has 0 N–H and O–H groups in total. The first kappa shape index (κ1) is 25.9. The summed E-state index contributed by atoms with van der Waals surface area (Å²) < 4.78 is 14.3. The lowest BCUT2D eigenvalue weighted by atomic mass is 9.86. The third kappa shape index (κ3) is 5.95. The van der Waals surface area contributed by atoms with E-state index in [0.717, 1.165) is 12.8 Å². The van der Waals surface area contributed by atoms with Crippen molar-refractivity contribution in [2.24, 2.45) is 11.8 Å². The summed E-state index contributed by atoms with van der Waals surface area (Å²) in [5, 5.41) is 5.20. The molecule has 0 saturated heterocycles. The molecular weight excluding hydrogens is 502 g/mol. The van der Waals surface area contributed by atoms with Crippen molar-refractivity contribution in [3.05, 3.63) is 121 Å². The second-order valence-electron chi connectivity index (χ2n) is 10.4. The zero-order valence-corrected chi connectivity index (χ0v) is 23.6. The van der Waals surface area contributed by atoms with Gasteiger partial charge in [0.2, 0.25) is 0 Å². The van der Waals surface area contributed by atoms with E-state index in [0.29, 0.717) is 11.8 Å². The smallest absolute Gasteiger partial charge is 0.0921 e. The van der Waals surface area contributed by atoms with Gasteiger partial charge in [0.15, 0.2) is 0 Å². The molecule has 0 amide bonds. The van der Waals surface area contributed by atoms with Crippen LogP contribution in [0.3, 0.4) is 0 Å². The molecule has 2 fully saturated rings. The molecule has 0 aromatic heterocycles. The maximum Gasteiger partial charge on any atom is 0.0921 e. The molecule has 38 heavy (non-hydrogen) atoms. The van der Waals surface area contributed by atoms with Gasteiger partial charge in [-0.3, -0.25) is 0 Å². The van der Waals surface area contributed by atoms with Crippen LogP contribution in [-0.2, 0) is 9.05 Å². The van der Waals surface area contributed by atoms with E-state index in [9.17, 15) is 0 Å². The average molecular weight is 539 g/mol. The predicted molar refractivity (Wildman–Crippen MR) is 163 cm³/mol. The van der Waals surface area contributed by atoms with E-state index in [4.69, 9.17) is 9.05 Å². The zero-order chi connectivity index (χ0) is 25.6. The van der Waals surface area contributed by atoms with Crippen molar-refractivity contribution in [3.8, 4) is 0 Å². The first-order valence-electron chi connectivity index (χ1n) is 14.0. The molecule has 0 aliphatic heterocycles. The molecule has 0 bridgehead atoms. The Bertz CT molecular complexity index is 1070. The second kappa shape index (κ2) is 12.7. The highest BCUT2D eigenvalue weighted by molar-refractivity contribution is 7.68. The van der Waals surface area contributed by atoms with Gasteiger partial charge in [-0.2, -0.15) is 0 Å². The van der Waals surface area contributed by atoms with Gasteiger partial charge in [0.25, 0.3) is 0 Å². The first-order chi connectivity index (χ1) is 18.9. The van der Waals surface area contributed by atoms with Crippen molar-refractivity contribution in [1.82, 2.24) is 0 Å². The van der Waals surface area contributed by atoms with Crippen LogP contribution < -0.4 is 21.2 Å². The van der Waals surface area contributed by atoms with E-state index in [1.165, 1.54) is 46.9 Å². The van der Waals surface area contributed by atoms with Crippen LogP contribution in [-0.4, -0.2) is 12.2 Å². The van der Waals surface area contributed by atoms with Gasteiger partial charge in [0.1, 0.15) is 0 Å². The van der Waals surface area contributed by atoms with Crippen LogP contribution in [0.4, 0.5) is 0 Å². The second-order valence-corrected chi connectivity index (χ2v) is 14.1. The molecule has 4 atom stereocenters. The van der Waals surface area contributed by atoms with Crippen molar-refractivity contribution in [2.75, 3.05) is 0 Å². The van der Waals surface area contributed by atoms with Gasteiger partial charge >= 0.3 is 0 Å². The summed E-state index contributed by atoms with van der Waals surface area (Å²) in [4.78, 5) is 0. The lowest BCUT2D eigenvalue weighted by Crippen LogP contribution is -2.33. The van der Waals surface area contributed by atoms with Crippen LogP contribution >= 0.6 is 16.3 Å². The van der Waals surface area contributed by atoms with Crippen LogP contribution in [0.5, 0.6) is 0 Å². The fourth-order valence-corrected chi connectivity index (χ4v) is 10.1. The van der Waals surface area contributed by atoms with E-state index in [2.05, 4.69) is 121 Å². The third-order valence-electron chi connectivity index (χ3n) is 8.00. The van der Waals surface area contributed by atoms with Crippen molar-refractivity contribution in [2.45, 2.75) is 50.7 Å². The zero-order valence-electron chi connectivity index (χ0n) is 21.8. The highest BCUT2D eigenvalue weighted by Gasteiger charge is 2.43. The lowest BCUT2D eigenvalue weighted by Gasteiger charge is -2.34. The largest absolute Gasteiger partial charge is 0.346 e. The van der Waals surface area contributed by atoms with Crippen LogP contribution in [0.25, 0.3) is 0 Å². The Morgan fingerprint density at radius 3 is 0.974 bits per heavy atom. The summed E-state index contributed by atoms with van der Waals surface area (Å²) in [6.07, 6.45) is 7.87. The Labute approximate surface area is 230 Å². The SMILES string of the molecule is c1ccc(P(O[C@@H]2CCC[C@@H]2[C@H]2CCC[C@H]2OP(c2ccccc2)c2ccccc2)c2ccccc2)cc1. The molecule has 194 valence electrons. The van der Waals surface area contributed by atoms with Crippen molar-refractivity contribution >= 4 is 37.5 Å².